The van der Waals surface area contributed by atoms with Crippen LogP contribution in [0, 0.1) is 31.4 Å². The predicted octanol–water partition coefficient (Wildman–Crippen LogP) is 6.50. The second-order valence-electron chi connectivity index (χ2n) is 10.7. The van der Waals surface area contributed by atoms with Crippen molar-refractivity contribution in [2.45, 2.75) is 58.4 Å². The lowest BCUT2D eigenvalue weighted by Gasteiger charge is -2.35. The number of carbonyl (C=O) groups excluding carboxylic acids is 2. The highest BCUT2D eigenvalue weighted by Gasteiger charge is 2.36. The number of fused-ring (bicyclic) bond motifs is 1. The van der Waals surface area contributed by atoms with Gasteiger partial charge < -0.3 is 14.2 Å². The number of nitrogens with zero attached hydrogens (tertiary/aromatic N) is 4. The summed E-state index contributed by atoms with van der Waals surface area (Å²) >= 11 is 0. The maximum atomic E-state index is 14.3. The standard InChI is InChI=1S/C31H30F2N4O4/c1-17-28(18(2)41-35-17)19-12-13-36-26(15-19)34-29(30(36)20-6-4-7-21(14-20)31(39)40-3)25-8-5-9-27(38)37(25)22-10-11-23(32)24(33)16-22/h6,10-13,15-16,21,25H,4-5,7-9,14H2,1-3H3. The number of ether oxygens (including phenoxy) is 1. The van der Waals surface area contributed by atoms with Crippen molar-refractivity contribution >= 4 is 28.8 Å². The third-order valence-electron chi connectivity index (χ3n) is 8.13. The average molecular weight is 561 g/mol. The Morgan fingerprint density at radius 2 is 1.95 bits per heavy atom. The molecule has 2 unspecified atom stereocenters. The highest BCUT2D eigenvalue weighted by atomic mass is 19.2. The van der Waals surface area contributed by atoms with Crippen LogP contribution in [0.25, 0.3) is 22.3 Å². The maximum absolute atomic E-state index is 14.3. The minimum atomic E-state index is -1.02. The maximum Gasteiger partial charge on any atom is 0.309 e. The Kier molecular flexibility index (Phi) is 6.93. The van der Waals surface area contributed by atoms with E-state index in [4.69, 9.17) is 14.2 Å². The molecule has 0 saturated carbocycles. The zero-order chi connectivity index (χ0) is 28.8. The summed E-state index contributed by atoms with van der Waals surface area (Å²) < 4.78 is 40.6. The molecular formula is C31H30F2N4O4. The van der Waals surface area contributed by atoms with E-state index in [1.807, 2.05) is 36.6 Å². The van der Waals surface area contributed by atoms with E-state index in [-0.39, 0.29) is 23.5 Å². The first-order chi connectivity index (χ1) is 19.8. The van der Waals surface area contributed by atoms with Gasteiger partial charge in [-0.15, -0.1) is 0 Å². The largest absolute Gasteiger partial charge is 0.469 e. The molecule has 212 valence electrons. The number of anilines is 1. The van der Waals surface area contributed by atoms with Gasteiger partial charge in [-0.2, -0.15) is 0 Å². The molecule has 41 heavy (non-hydrogen) atoms. The molecule has 4 heterocycles. The fourth-order valence-corrected chi connectivity index (χ4v) is 6.22. The Bertz CT molecular complexity index is 1690. The first-order valence-corrected chi connectivity index (χ1v) is 13.8. The van der Waals surface area contributed by atoms with Crippen molar-refractivity contribution in [1.82, 2.24) is 14.5 Å². The molecule has 0 spiro atoms. The molecule has 1 fully saturated rings. The quantitative estimate of drug-likeness (QED) is 0.259. The van der Waals surface area contributed by atoms with Crippen molar-refractivity contribution in [3.8, 4) is 11.1 Å². The Hall–Kier alpha value is -4.34. The Morgan fingerprint density at radius 3 is 2.68 bits per heavy atom. The first kappa shape index (κ1) is 26.9. The van der Waals surface area contributed by atoms with Crippen LogP contribution in [0.15, 0.2) is 47.1 Å². The fourth-order valence-electron chi connectivity index (χ4n) is 6.22. The molecule has 0 radical (unpaired) electrons. The lowest BCUT2D eigenvalue weighted by atomic mass is 9.85. The number of halogens is 2. The van der Waals surface area contributed by atoms with E-state index in [1.165, 1.54) is 18.1 Å². The minimum Gasteiger partial charge on any atom is -0.469 e. The van der Waals surface area contributed by atoms with Crippen molar-refractivity contribution in [1.29, 1.82) is 0 Å². The molecular weight excluding hydrogens is 530 g/mol. The number of rotatable bonds is 5. The van der Waals surface area contributed by atoms with Gasteiger partial charge in [-0.3, -0.25) is 14.0 Å². The molecule has 1 saturated heterocycles. The number of esters is 1. The molecule has 0 N–H and O–H groups in total. The molecule has 4 aromatic rings. The number of pyridine rings is 1. The van der Waals surface area contributed by atoms with E-state index >= 15 is 0 Å². The number of allylic oxidation sites excluding steroid dienone is 2. The van der Waals surface area contributed by atoms with Crippen molar-refractivity contribution in [2.24, 2.45) is 5.92 Å². The second-order valence-corrected chi connectivity index (χ2v) is 10.7. The summed E-state index contributed by atoms with van der Waals surface area (Å²) in [5.74, 6) is -2.04. The third-order valence-corrected chi connectivity index (χ3v) is 8.13. The van der Waals surface area contributed by atoms with Crippen LogP contribution in [-0.4, -0.2) is 33.5 Å². The van der Waals surface area contributed by atoms with E-state index in [0.717, 1.165) is 40.2 Å². The number of aryl methyl sites for hydroxylation is 2. The highest BCUT2D eigenvalue weighted by molar-refractivity contribution is 5.95. The van der Waals surface area contributed by atoms with Crippen molar-refractivity contribution in [3.05, 3.63) is 77.1 Å². The van der Waals surface area contributed by atoms with Gasteiger partial charge in [-0.25, -0.2) is 13.8 Å². The van der Waals surface area contributed by atoms with Gasteiger partial charge in [0.25, 0.3) is 0 Å². The van der Waals surface area contributed by atoms with E-state index in [9.17, 15) is 18.4 Å². The van der Waals surface area contributed by atoms with E-state index in [0.29, 0.717) is 55.6 Å². The van der Waals surface area contributed by atoms with Gasteiger partial charge in [0.15, 0.2) is 11.6 Å². The Labute approximate surface area is 235 Å². The number of amides is 1. The SMILES string of the molecule is COC(=O)C1CCC=C(c2c(C3CCCC(=O)N3c3ccc(F)c(F)c3)nc3cc(-c4c(C)noc4C)ccn23)C1. The van der Waals surface area contributed by atoms with Crippen LogP contribution < -0.4 is 4.90 Å². The molecule has 2 atom stereocenters. The van der Waals surface area contributed by atoms with Crippen molar-refractivity contribution < 1.29 is 27.6 Å². The Morgan fingerprint density at radius 1 is 1.12 bits per heavy atom. The summed E-state index contributed by atoms with van der Waals surface area (Å²) in [5, 5.41) is 4.08. The van der Waals surface area contributed by atoms with E-state index in [1.54, 1.807) is 0 Å². The summed E-state index contributed by atoms with van der Waals surface area (Å²) in [6.07, 6.45) is 7.39. The zero-order valence-corrected chi connectivity index (χ0v) is 23.1. The monoisotopic (exact) mass is 560 g/mol. The molecule has 1 amide bonds. The number of methoxy groups -OCH3 is 1. The number of aromatic nitrogens is 3. The number of hydrogen-bond donors (Lipinski definition) is 0. The van der Waals surface area contributed by atoms with E-state index < -0.39 is 17.7 Å². The summed E-state index contributed by atoms with van der Waals surface area (Å²) in [6.45, 7) is 3.74. The van der Waals surface area contributed by atoms with Gasteiger partial charge in [-0.1, -0.05) is 11.2 Å². The lowest BCUT2D eigenvalue weighted by molar-refractivity contribution is -0.145. The number of benzene rings is 1. The number of piperidine rings is 1. The number of carbonyl (C=O) groups is 2. The molecule has 1 aromatic carbocycles. The van der Waals surface area contributed by atoms with Crippen LogP contribution in [-0.2, 0) is 14.3 Å². The van der Waals surface area contributed by atoms with Crippen LogP contribution in [0.2, 0.25) is 0 Å². The first-order valence-electron chi connectivity index (χ1n) is 13.8. The van der Waals surface area contributed by atoms with Crippen LogP contribution in [0.5, 0.6) is 0 Å². The van der Waals surface area contributed by atoms with Crippen LogP contribution in [0.4, 0.5) is 14.5 Å². The molecule has 1 aliphatic carbocycles. The van der Waals surface area contributed by atoms with Gasteiger partial charge in [0, 0.05) is 29.9 Å². The summed E-state index contributed by atoms with van der Waals surface area (Å²) in [5.41, 5.74) is 5.85. The second kappa shape index (κ2) is 10.6. The normalized spacial score (nSPS) is 19.5. The summed E-state index contributed by atoms with van der Waals surface area (Å²) in [4.78, 5) is 32.4. The van der Waals surface area contributed by atoms with Gasteiger partial charge in [0.2, 0.25) is 5.91 Å². The smallest absolute Gasteiger partial charge is 0.309 e. The molecule has 10 heteroatoms. The summed E-state index contributed by atoms with van der Waals surface area (Å²) in [7, 11) is 1.39. The molecule has 6 rings (SSSR count). The topological polar surface area (TPSA) is 89.9 Å². The van der Waals surface area contributed by atoms with Gasteiger partial charge in [-0.05, 0) is 81.4 Å². The average Bonchev–Trinajstić information content (AvgIpc) is 3.52. The van der Waals surface area contributed by atoms with Crippen LogP contribution in [0.3, 0.4) is 0 Å². The van der Waals surface area contributed by atoms with E-state index in [2.05, 4.69) is 11.2 Å². The van der Waals surface area contributed by atoms with Gasteiger partial charge in [0.05, 0.1) is 36.2 Å². The highest BCUT2D eigenvalue weighted by Crippen LogP contribution is 2.42. The van der Waals surface area contributed by atoms with Gasteiger partial charge in [0.1, 0.15) is 11.4 Å². The molecule has 3 aromatic heterocycles. The van der Waals surface area contributed by atoms with Crippen LogP contribution in [0.1, 0.15) is 67.4 Å². The molecule has 2 aliphatic rings. The fraction of sp³-hybridized carbons (Fsp3) is 0.355. The summed E-state index contributed by atoms with van der Waals surface area (Å²) in [6, 6.07) is 6.92. The van der Waals surface area contributed by atoms with Crippen molar-refractivity contribution in [2.75, 3.05) is 12.0 Å². The lowest BCUT2D eigenvalue weighted by Crippen LogP contribution is -2.39. The van der Waals surface area contributed by atoms with Crippen molar-refractivity contribution in [3.63, 3.8) is 0 Å². The number of hydrogen-bond acceptors (Lipinski definition) is 6. The molecule has 0 bridgehead atoms. The molecule has 8 nitrogen and oxygen atoms in total. The zero-order valence-electron chi connectivity index (χ0n) is 23.1. The third kappa shape index (κ3) is 4.71. The van der Waals surface area contributed by atoms with Gasteiger partial charge >= 0.3 is 5.97 Å². The van der Waals surface area contributed by atoms with Crippen LogP contribution >= 0.6 is 0 Å². The number of imidazole rings is 1. The molecule has 1 aliphatic heterocycles. The Balaban J connectivity index is 1.54. The minimum absolute atomic E-state index is 0.184. The predicted molar refractivity (Wildman–Crippen MR) is 148 cm³/mol.